The number of hydrogen-bond acceptors (Lipinski definition) is 3. The van der Waals surface area contributed by atoms with Gasteiger partial charge in [0.2, 0.25) is 5.91 Å². The Kier molecular flexibility index (Phi) is 5.23. The summed E-state index contributed by atoms with van der Waals surface area (Å²) in [6.45, 7) is 2.13. The smallest absolute Gasteiger partial charge is 0.220 e. The zero-order valence-corrected chi connectivity index (χ0v) is 14.0. The van der Waals surface area contributed by atoms with E-state index in [1.807, 2.05) is 30.3 Å². The SMILES string of the molecule is Cc1ccc(CCC(=O)NCc2ccc(-c3ccco3)nc2)cc1F. The fourth-order valence-corrected chi connectivity index (χ4v) is 2.44. The third-order valence-electron chi connectivity index (χ3n) is 3.97. The van der Waals surface area contributed by atoms with Crippen molar-refractivity contribution in [2.75, 3.05) is 0 Å². The Labute approximate surface area is 145 Å². The van der Waals surface area contributed by atoms with Crippen LogP contribution in [0.15, 0.2) is 59.3 Å². The lowest BCUT2D eigenvalue weighted by Crippen LogP contribution is -2.23. The maximum atomic E-state index is 13.5. The molecule has 3 aromatic rings. The lowest BCUT2D eigenvalue weighted by molar-refractivity contribution is -0.121. The van der Waals surface area contributed by atoms with Gasteiger partial charge in [-0.05, 0) is 54.3 Å². The molecule has 0 saturated carbocycles. The maximum absolute atomic E-state index is 13.5. The number of rotatable bonds is 6. The number of amides is 1. The van der Waals surface area contributed by atoms with Gasteiger partial charge < -0.3 is 9.73 Å². The third-order valence-corrected chi connectivity index (χ3v) is 3.97. The van der Waals surface area contributed by atoms with Crippen molar-refractivity contribution in [3.8, 4) is 11.5 Å². The van der Waals surface area contributed by atoms with Gasteiger partial charge in [0, 0.05) is 19.2 Å². The van der Waals surface area contributed by atoms with Crippen molar-refractivity contribution in [1.29, 1.82) is 0 Å². The number of halogens is 1. The molecule has 2 aromatic heterocycles. The van der Waals surface area contributed by atoms with Crippen LogP contribution in [0.4, 0.5) is 4.39 Å². The van der Waals surface area contributed by atoms with E-state index in [1.54, 1.807) is 25.5 Å². The Bertz CT molecular complexity index is 843. The number of nitrogens with one attached hydrogen (secondary N) is 1. The average molecular weight is 338 g/mol. The largest absolute Gasteiger partial charge is 0.463 e. The molecule has 0 unspecified atom stereocenters. The van der Waals surface area contributed by atoms with Gasteiger partial charge in [0.1, 0.15) is 11.5 Å². The molecule has 0 fully saturated rings. The molecule has 0 bridgehead atoms. The Balaban J connectivity index is 1.48. The highest BCUT2D eigenvalue weighted by Gasteiger charge is 2.06. The minimum absolute atomic E-state index is 0.0731. The molecule has 2 heterocycles. The minimum Gasteiger partial charge on any atom is -0.463 e. The van der Waals surface area contributed by atoms with Crippen molar-refractivity contribution in [1.82, 2.24) is 10.3 Å². The first-order chi connectivity index (χ1) is 12.1. The van der Waals surface area contributed by atoms with E-state index < -0.39 is 0 Å². The first kappa shape index (κ1) is 16.9. The summed E-state index contributed by atoms with van der Waals surface area (Å²) in [5, 5.41) is 2.85. The molecule has 0 aliphatic rings. The lowest BCUT2D eigenvalue weighted by Gasteiger charge is -2.06. The molecule has 3 rings (SSSR count). The van der Waals surface area contributed by atoms with Gasteiger partial charge in [-0.1, -0.05) is 18.2 Å². The third kappa shape index (κ3) is 4.53. The predicted octanol–water partition coefficient (Wildman–Crippen LogP) is 4.04. The Morgan fingerprint density at radius 1 is 1.20 bits per heavy atom. The number of hydrogen-bond donors (Lipinski definition) is 1. The van der Waals surface area contributed by atoms with E-state index in [-0.39, 0.29) is 11.7 Å². The van der Waals surface area contributed by atoms with Crippen molar-refractivity contribution >= 4 is 5.91 Å². The molecule has 128 valence electrons. The van der Waals surface area contributed by atoms with E-state index in [9.17, 15) is 9.18 Å². The average Bonchev–Trinajstić information content (AvgIpc) is 3.16. The molecule has 0 radical (unpaired) electrons. The molecule has 1 N–H and O–H groups in total. The van der Waals surface area contributed by atoms with Crippen LogP contribution < -0.4 is 5.32 Å². The highest BCUT2D eigenvalue weighted by molar-refractivity contribution is 5.76. The van der Waals surface area contributed by atoms with Crippen molar-refractivity contribution in [2.45, 2.75) is 26.3 Å². The summed E-state index contributed by atoms with van der Waals surface area (Å²) < 4.78 is 18.8. The molecule has 5 heteroatoms. The zero-order valence-electron chi connectivity index (χ0n) is 14.0. The molecule has 1 amide bonds. The summed E-state index contributed by atoms with van der Waals surface area (Å²) in [7, 11) is 0. The molecule has 0 aliphatic carbocycles. The van der Waals surface area contributed by atoms with Crippen LogP contribution in [-0.2, 0) is 17.8 Å². The molecule has 0 spiro atoms. The van der Waals surface area contributed by atoms with Crippen LogP contribution in [0.25, 0.3) is 11.5 Å². The van der Waals surface area contributed by atoms with Crippen molar-refractivity contribution < 1.29 is 13.6 Å². The number of aromatic nitrogens is 1. The van der Waals surface area contributed by atoms with E-state index in [2.05, 4.69) is 10.3 Å². The van der Waals surface area contributed by atoms with E-state index in [0.29, 0.717) is 30.7 Å². The first-order valence-corrected chi connectivity index (χ1v) is 8.12. The van der Waals surface area contributed by atoms with E-state index in [0.717, 1.165) is 16.8 Å². The molecular weight excluding hydrogens is 319 g/mol. The van der Waals surface area contributed by atoms with Crippen LogP contribution in [0.3, 0.4) is 0 Å². The molecular formula is C20H19FN2O2. The lowest BCUT2D eigenvalue weighted by atomic mass is 10.1. The van der Waals surface area contributed by atoms with Crippen molar-refractivity contribution in [2.24, 2.45) is 0 Å². The highest BCUT2D eigenvalue weighted by atomic mass is 19.1. The van der Waals surface area contributed by atoms with Crippen molar-refractivity contribution in [3.63, 3.8) is 0 Å². The van der Waals surface area contributed by atoms with Crippen LogP contribution in [0, 0.1) is 12.7 Å². The van der Waals surface area contributed by atoms with Gasteiger partial charge in [0.15, 0.2) is 5.76 Å². The second kappa shape index (κ2) is 7.75. The van der Waals surface area contributed by atoms with E-state index in [4.69, 9.17) is 4.42 Å². The summed E-state index contributed by atoms with van der Waals surface area (Å²) in [5.41, 5.74) is 3.09. The summed E-state index contributed by atoms with van der Waals surface area (Å²) in [6.07, 6.45) is 4.15. The number of furan rings is 1. The Hall–Kier alpha value is -2.95. The Morgan fingerprint density at radius 2 is 2.04 bits per heavy atom. The van der Waals surface area contributed by atoms with Gasteiger partial charge in [-0.2, -0.15) is 0 Å². The second-order valence-corrected chi connectivity index (χ2v) is 5.89. The highest BCUT2D eigenvalue weighted by Crippen LogP contribution is 2.17. The van der Waals surface area contributed by atoms with Gasteiger partial charge in [-0.25, -0.2) is 4.39 Å². The van der Waals surface area contributed by atoms with Gasteiger partial charge in [-0.3, -0.25) is 9.78 Å². The summed E-state index contributed by atoms with van der Waals surface area (Å²) >= 11 is 0. The topological polar surface area (TPSA) is 55.1 Å². The van der Waals surface area contributed by atoms with Gasteiger partial charge >= 0.3 is 0 Å². The van der Waals surface area contributed by atoms with Crippen LogP contribution in [0.2, 0.25) is 0 Å². The van der Waals surface area contributed by atoms with Crippen LogP contribution in [0.5, 0.6) is 0 Å². The summed E-state index contributed by atoms with van der Waals surface area (Å²) in [6, 6.07) is 12.5. The fraction of sp³-hybridized carbons (Fsp3) is 0.200. The minimum atomic E-state index is -0.236. The van der Waals surface area contributed by atoms with Gasteiger partial charge in [0.25, 0.3) is 0 Å². The number of pyridine rings is 1. The van der Waals surface area contributed by atoms with E-state index in [1.165, 1.54) is 6.07 Å². The van der Waals surface area contributed by atoms with Crippen LogP contribution in [0.1, 0.15) is 23.1 Å². The number of nitrogens with zero attached hydrogens (tertiary/aromatic N) is 1. The van der Waals surface area contributed by atoms with Crippen LogP contribution in [-0.4, -0.2) is 10.9 Å². The molecule has 4 nitrogen and oxygen atoms in total. The number of aryl methyl sites for hydroxylation is 2. The maximum Gasteiger partial charge on any atom is 0.220 e. The van der Waals surface area contributed by atoms with Crippen molar-refractivity contribution in [3.05, 3.63) is 77.4 Å². The van der Waals surface area contributed by atoms with Gasteiger partial charge in [-0.15, -0.1) is 0 Å². The molecule has 0 atom stereocenters. The number of benzene rings is 1. The first-order valence-electron chi connectivity index (χ1n) is 8.12. The number of carbonyl (C=O) groups excluding carboxylic acids is 1. The van der Waals surface area contributed by atoms with Gasteiger partial charge in [0.05, 0.1) is 6.26 Å². The molecule has 25 heavy (non-hydrogen) atoms. The van der Waals surface area contributed by atoms with Crippen LogP contribution >= 0.6 is 0 Å². The number of carbonyl (C=O) groups is 1. The fourth-order valence-electron chi connectivity index (χ4n) is 2.44. The normalized spacial score (nSPS) is 10.6. The molecule has 0 aliphatic heterocycles. The quantitative estimate of drug-likeness (QED) is 0.738. The monoisotopic (exact) mass is 338 g/mol. The standard InChI is InChI=1S/C20H19FN2O2/c1-14-4-5-15(11-17(14)21)7-9-20(24)23-13-16-6-8-18(22-12-16)19-3-2-10-25-19/h2-6,8,10-12H,7,9,13H2,1H3,(H,23,24). The predicted molar refractivity (Wildman–Crippen MR) is 93.2 cm³/mol. The zero-order chi connectivity index (χ0) is 17.6. The second-order valence-electron chi connectivity index (χ2n) is 5.89. The molecule has 0 saturated heterocycles. The molecule has 1 aromatic carbocycles. The summed E-state index contributed by atoms with van der Waals surface area (Å²) in [4.78, 5) is 16.3. The summed E-state index contributed by atoms with van der Waals surface area (Å²) in [5.74, 6) is 0.401. The van der Waals surface area contributed by atoms with E-state index >= 15 is 0 Å². The Morgan fingerprint density at radius 3 is 2.72 bits per heavy atom.